The lowest BCUT2D eigenvalue weighted by Crippen LogP contribution is -2.61. The molecule has 252 valence electrons. The molecule has 9 rings (SSSR count). The Morgan fingerprint density at radius 3 is 1.19 bits per heavy atom. The van der Waals surface area contributed by atoms with Gasteiger partial charge in [-0.2, -0.15) is 0 Å². The maximum atomic E-state index is 2.52. The lowest BCUT2D eigenvalue weighted by molar-refractivity contribution is 1.21. The highest BCUT2D eigenvalue weighted by atomic mass is 15.2. The molecule has 0 spiro atoms. The molecular weight excluding hydrogens is 629 g/mol. The summed E-state index contributed by atoms with van der Waals surface area (Å²) in [5.74, 6) is 0. The van der Waals surface area contributed by atoms with Crippen LogP contribution in [0.3, 0.4) is 0 Å². The summed E-state index contributed by atoms with van der Waals surface area (Å²) in [7, 11) is 0. The number of nitrogens with zero attached hydrogens (tertiary/aromatic N) is 3. The maximum absolute atomic E-state index is 2.52. The number of anilines is 9. The normalized spacial score (nSPS) is 12.7. The summed E-state index contributed by atoms with van der Waals surface area (Å²) in [4.78, 5) is 7.46. The van der Waals surface area contributed by atoms with Crippen molar-refractivity contribution >= 4 is 74.3 Å². The second-order valence-electron chi connectivity index (χ2n) is 14.8. The molecule has 0 aromatic heterocycles. The molecule has 0 amide bonds. The van der Waals surface area contributed by atoms with Crippen LogP contribution in [0, 0.1) is 41.5 Å². The third-order valence-corrected chi connectivity index (χ3v) is 10.7. The molecule has 7 aromatic carbocycles. The van der Waals surface area contributed by atoms with Gasteiger partial charge in [-0.25, -0.2) is 0 Å². The van der Waals surface area contributed by atoms with E-state index in [0.717, 1.165) is 17.1 Å². The molecule has 2 heterocycles. The van der Waals surface area contributed by atoms with Crippen LogP contribution in [0.25, 0.3) is 0 Å². The van der Waals surface area contributed by atoms with Gasteiger partial charge in [-0.1, -0.05) is 83.9 Å². The Morgan fingerprint density at radius 2 is 0.769 bits per heavy atom. The first-order valence-corrected chi connectivity index (χ1v) is 18.3. The molecule has 3 nitrogen and oxygen atoms in total. The third-order valence-electron chi connectivity index (χ3n) is 10.7. The number of aryl methyl sites for hydroxylation is 6. The molecule has 2 aliphatic rings. The zero-order valence-electron chi connectivity index (χ0n) is 30.8. The average Bonchev–Trinajstić information content (AvgIpc) is 3.13. The van der Waals surface area contributed by atoms with Crippen molar-refractivity contribution in [2.75, 3.05) is 14.7 Å². The highest BCUT2D eigenvalue weighted by Gasteiger charge is 2.44. The zero-order valence-corrected chi connectivity index (χ0v) is 30.8. The third kappa shape index (κ3) is 5.29. The molecule has 0 unspecified atom stereocenters. The summed E-state index contributed by atoms with van der Waals surface area (Å²) in [6, 6.07) is 54.7. The second-order valence-corrected chi connectivity index (χ2v) is 14.8. The molecule has 0 radical (unpaired) electrons. The fraction of sp³-hybridized carbons (Fsp3) is 0.125. The van der Waals surface area contributed by atoms with Gasteiger partial charge in [0, 0.05) is 45.5 Å². The lowest BCUT2D eigenvalue weighted by Gasteiger charge is -2.45. The van der Waals surface area contributed by atoms with E-state index in [0.29, 0.717) is 0 Å². The Labute approximate surface area is 308 Å². The zero-order chi connectivity index (χ0) is 35.7. The number of rotatable bonds is 5. The standard InChI is InChI=1S/C48H42BN3/c1-31-13-19-37(20-14-31)50(38-21-15-32(2)16-22-38)41-29-46-48-47(30-41)52(40-12-8-10-34(4)26-40)45-28-36(6)18-24-43(45)49(48)42-23-17-35(5)27-44(42)51(46)39-11-7-9-33(3)25-39/h7-30H,1-6H3. The minimum atomic E-state index is 0.0690. The Bertz CT molecular complexity index is 2330. The highest BCUT2D eigenvalue weighted by molar-refractivity contribution is 7.00. The summed E-state index contributed by atoms with van der Waals surface area (Å²) in [5.41, 5.74) is 22.0. The lowest BCUT2D eigenvalue weighted by atomic mass is 9.33. The van der Waals surface area contributed by atoms with Crippen molar-refractivity contribution in [3.8, 4) is 0 Å². The molecule has 4 heteroatoms. The van der Waals surface area contributed by atoms with Gasteiger partial charge < -0.3 is 14.7 Å². The molecule has 0 atom stereocenters. The Morgan fingerprint density at radius 1 is 0.365 bits per heavy atom. The molecule has 0 saturated carbocycles. The van der Waals surface area contributed by atoms with Gasteiger partial charge in [0.15, 0.2) is 0 Å². The Hall–Kier alpha value is -6.00. The molecular formula is C48H42BN3. The SMILES string of the molecule is Cc1ccc(N(c2ccc(C)cc2)c2cc3c4c(c2)N(c2cccc(C)c2)c2cc(C)ccc2B4c2ccc(C)cc2N3c2cccc(C)c2)cc1. The fourth-order valence-corrected chi connectivity index (χ4v) is 8.25. The van der Waals surface area contributed by atoms with Crippen molar-refractivity contribution < 1.29 is 0 Å². The van der Waals surface area contributed by atoms with Crippen molar-refractivity contribution in [3.05, 3.63) is 179 Å². The smallest absolute Gasteiger partial charge is 0.252 e. The van der Waals surface area contributed by atoms with E-state index in [4.69, 9.17) is 0 Å². The Balaban J connectivity index is 1.43. The Kier molecular flexibility index (Phi) is 7.59. The summed E-state index contributed by atoms with van der Waals surface area (Å²) in [6.45, 7) is 13.2. The fourth-order valence-electron chi connectivity index (χ4n) is 8.25. The van der Waals surface area contributed by atoms with Gasteiger partial charge in [0.25, 0.3) is 6.71 Å². The van der Waals surface area contributed by atoms with E-state index in [-0.39, 0.29) is 6.71 Å². The van der Waals surface area contributed by atoms with Crippen molar-refractivity contribution in [1.29, 1.82) is 0 Å². The van der Waals surface area contributed by atoms with Gasteiger partial charge in [-0.05, 0) is 153 Å². The quantitative estimate of drug-likeness (QED) is 0.169. The predicted molar refractivity (Wildman–Crippen MR) is 224 cm³/mol. The molecule has 0 N–H and O–H groups in total. The molecule has 0 saturated heterocycles. The monoisotopic (exact) mass is 671 g/mol. The number of fused-ring (bicyclic) bond motifs is 4. The van der Waals surface area contributed by atoms with Crippen LogP contribution in [0.15, 0.2) is 146 Å². The van der Waals surface area contributed by atoms with Crippen LogP contribution in [-0.4, -0.2) is 6.71 Å². The van der Waals surface area contributed by atoms with Gasteiger partial charge in [-0.15, -0.1) is 0 Å². The van der Waals surface area contributed by atoms with E-state index in [9.17, 15) is 0 Å². The summed E-state index contributed by atoms with van der Waals surface area (Å²) in [5, 5.41) is 0. The van der Waals surface area contributed by atoms with Crippen LogP contribution in [0.4, 0.5) is 51.2 Å². The minimum absolute atomic E-state index is 0.0690. The first kappa shape index (κ1) is 31.9. The molecule has 52 heavy (non-hydrogen) atoms. The first-order valence-electron chi connectivity index (χ1n) is 18.3. The van der Waals surface area contributed by atoms with Crippen LogP contribution in [0.2, 0.25) is 0 Å². The summed E-state index contributed by atoms with van der Waals surface area (Å²) in [6.07, 6.45) is 0. The van der Waals surface area contributed by atoms with E-state index in [2.05, 4.69) is 202 Å². The number of benzene rings is 7. The predicted octanol–water partition coefficient (Wildman–Crippen LogP) is 11.1. The van der Waals surface area contributed by atoms with Gasteiger partial charge in [0.1, 0.15) is 0 Å². The van der Waals surface area contributed by atoms with Gasteiger partial charge in [0.05, 0.1) is 5.69 Å². The van der Waals surface area contributed by atoms with Crippen molar-refractivity contribution in [1.82, 2.24) is 0 Å². The van der Waals surface area contributed by atoms with Crippen molar-refractivity contribution in [2.24, 2.45) is 0 Å². The van der Waals surface area contributed by atoms with Gasteiger partial charge in [0.2, 0.25) is 0 Å². The van der Waals surface area contributed by atoms with Crippen LogP contribution in [-0.2, 0) is 0 Å². The molecule has 0 aliphatic carbocycles. The van der Waals surface area contributed by atoms with E-state index < -0.39 is 0 Å². The van der Waals surface area contributed by atoms with Crippen LogP contribution in [0.5, 0.6) is 0 Å². The summed E-state index contributed by atoms with van der Waals surface area (Å²) >= 11 is 0. The molecule has 2 aliphatic heterocycles. The van der Waals surface area contributed by atoms with Crippen molar-refractivity contribution in [2.45, 2.75) is 41.5 Å². The van der Waals surface area contributed by atoms with E-state index in [1.807, 2.05) is 0 Å². The maximum Gasteiger partial charge on any atom is 0.252 e. The number of hydrogen-bond acceptors (Lipinski definition) is 3. The van der Waals surface area contributed by atoms with Crippen LogP contribution in [0.1, 0.15) is 33.4 Å². The van der Waals surface area contributed by atoms with E-state index in [1.54, 1.807) is 0 Å². The second kappa shape index (κ2) is 12.3. The first-order chi connectivity index (χ1) is 25.2. The molecule has 0 bridgehead atoms. The van der Waals surface area contributed by atoms with Gasteiger partial charge >= 0.3 is 0 Å². The van der Waals surface area contributed by atoms with E-state index in [1.165, 1.54) is 83.9 Å². The number of hydrogen-bond donors (Lipinski definition) is 0. The highest BCUT2D eigenvalue weighted by Crippen LogP contribution is 2.48. The molecule has 0 fully saturated rings. The van der Waals surface area contributed by atoms with Crippen molar-refractivity contribution in [3.63, 3.8) is 0 Å². The topological polar surface area (TPSA) is 9.72 Å². The average molecular weight is 672 g/mol. The molecule has 7 aromatic rings. The van der Waals surface area contributed by atoms with Crippen LogP contribution < -0.4 is 31.1 Å². The van der Waals surface area contributed by atoms with E-state index >= 15 is 0 Å². The largest absolute Gasteiger partial charge is 0.311 e. The summed E-state index contributed by atoms with van der Waals surface area (Å²) < 4.78 is 0. The van der Waals surface area contributed by atoms with Gasteiger partial charge in [-0.3, -0.25) is 0 Å². The van der Waals surface area contributed by atoms with Crippen LogP contribution >= 0.6 is 0 Å². The minimum Gasteiger partial charge on any atom is -0.311 e.